The van der Waals surface area contributed by atoms with Crippen molar-refractivity contribution < 1.29 is 33.8 Å². The fourth-order valence-electron chi connectivity index (χ4n) is 5.43. The van der Waals surface area contributed by atoms with Crippen LogP contribution in [0.15, 0.2) is 78.7 Å². The molecule has 12 heteroatoms. The number of hydrogen-bond donors (Lipinski definition) is 4. The number of methoxy groups -OCH3 is 1. The van der Waals surface area contributed by atoms with Crippen LogP contribution in [-0.4, -0.2) is 53.9 Å². The third kappa shape index (κ3) is 7.73. The number of aromatic nitrogens is 1. The molecule has 0 radical (unpaired) electrons. The number of carbonyl (C=O) groups excluding carboxylic acids is 2. The van der Waals surface area contributed by atoms with Crippen molar-refractivity contribution in [1.82, 2.24) is 15.8 Å². The van der Waals surface area contributed by atoms with Crippen molar-refractivity contribution in [1.29, 1.82) is 5.26 Å². The Bertz CT molecular complexity index is 1830. The van der Waals surface area contributed by atoms with Gasteiger partial charge in [-0.05, 0) is 77.1 Å². The minimum atomic E-state index is -0.933. The molecule has 240 valence electrons. The van der Waals surface area contributed by atoms with Crippen LogP contribution in [0.3, 0.4) is 0 Å². The van der Waals surface area contributed by atoms with Crippen LogP contribution in [0.5, 0.6) is 11.5 Å². The fourth-order valence-corrected chi connectivity index (χ4v) is 5.43. The summed E-state index contributed by atoms with van der Waals surface area (Å²) in [6.45, 7) is 2.22. The highest BCUT2D eigenvalue weighted by molar-refractivity contribution is 5.96. The highest BCUT2D eigenvalue weighted by Crippen LogP contribution is 2.38. The van der Waals surface area contributed by atoms with E-state index < -0.39 is 11.7 Å². The Hall–Kier alpha value is -5.77. The summed E-state index contributed by atoms with van der Waals surface area (Å²) in [5.41, 5.74) is 5.70. The van der Waals surface area contributed by atoms with E-state index in [1.54, 1.807) is 42.6 Å². The lowest BCUT2D eigenvalue weighted by atomic mass is 9.95. The van der Waals surface area contributed by atoms with E-state index in [2.05, 4.69) is 15.0 Å². The number of hydrogen-bond acceptors (Lipinski definition) is 10. The molecule has 47 heavy (non-hydrogen) atoms. The van der Waals surface area contributed by atoms with E-state index in [1.165, 1.54) is 30.8 Å². The highest BCUT2D eigenvalue weighted by Gasteiger charge is 2.22. The first kappa shape index (κ1) is 32.6. The van der Waals surface area contributed by atoms with E-state index in [-0.39, 0.29) is 29.6 Å². The zero-order valence-electron chi connectivity index (χ0n) is 25.4. The molecule has 1 aromatic heterocycles. The summed E-state index contributed by atoms with van der Waals surface area (Å²) in [6, 6.07) is 20.9. The molecule has 1 saturated heterocycles. The van der Waals surface area contributed by atoms with Crippen molar-refractivity contribution in [3.8, 4) is 39.8 Å². The van der Waals surface area contributed by atoms with E-state index in [1.807, 2.05) is 24.3 Å². The van der Waals surface area contributed by atoms with Gasteiger partial charge in [-0.3, -0.25) is 14.8 Å². The molecule has 0 aliphatic carbocycles. The molecular formula is C35H32FN5O6. The largest absolute Gasteiger partial charge is 0.504 e. The molecule has 1 aliphatic rings. The standard InChI is InChI=1S/C35H32FN5O6/c1-46-32-9-8-25(16-31(32)43)29-20-39-34(17-28(29)24-6-7-26(18-37)30(36)15-24)41-12-10-27(11-13-41)38-19-23-4-2-22(3-5-23)14-33(47-21-42)35(44)40-45/h2-9,14-17,20-21,27,38,43,45H,10-13,19H2,1H3,(H,40,44)/b33-14+. The maximum Gasteiger partial charge on any atom is 0.310 e. The molecule has 3 aromatic carbocycles. The molecule has 0 unspecified atom stereocenters. The normalized spacial score (nSPS) is 13.5. The second kappa shape index (κ2) is 15.0. The van der Waals surface area contributed by atoms with Gasteiger partial charge in [0.1, 0.15) is 17.7 Å². The minimum absolute atomic E-state index is 0.0289. The van der Waals surface area contributed by atoms with Crippen molar-refractivity contribution in [3.05, 3.63) is 101 Å². The summed E-state index contributed by atoms with van der Waals surface area (Å²) in [7, 11) is 1.47. The molecule has 1 aliphatic heterocycles. The highest BCUT2D eigenvalue weighted by atomic mass is 19.1. The number of phenolic OH excluding ortho intramolecular Hbond substituents is 1. The van der Waals surface area contributed by atoms with Crippen molar-refractivity contribution in [3.63, 3.8) is 0 Å². The molecule has 0 bridgehead atoms. The number of piperidine rings is 1. The van der Waals surface area contributed by atoms with E-state index in [0.29, 0.717) is 40.1 Å². The SMILES string of the molecule is COc1ccc(-c2cnc(N3CCC(NCc4ccc(/C=C(/OC=O)C(=O)NO)cc4)CC3)cc2-c2ccc(C#N)c(F)c2)cc1O. The van der Waals surface area contributed by atoms with Crippen LogP contribution in [0.1, 0.15) is 29.5 Å². The number of anilines is 1. The van der Waals surface area contributed by atoms with Gasteiger partial charge < -0.3 is 24.8 Å². The predicted molar refractivity (Wildman–Crippen MR) is 172 cm³/mol. The van der Waals surface area contributed by atoms with Gasteiger partial charge in [-0.1, -0.05) is 36.4 Å². The molecule has 1 amide bonds. The van der Waals surface area contributed by atoms with Crippen LogP contribution in [0.2, 0.25) is 0 Å². The van der Waals surface area contributed by atoms with Gasteiger partial charge in [0, 0.05) is 37.4 Å². The van der Waals surface area contributed by atoms with E-state index in [9.17, 15) is 24.3 Å². The van der Waals surface area contributed by atoms with Gasteiger partial charge in [0.05, 0.1) is 12.7 Å². The predicted octanol–water partition coefficient (Wildman–Crippen LogP) is 4.92. The number of hydroxylamine groups is 1. The van der Waals surface area contributed by atoms with Crippen LogP contribution in [0.4, 0.5) is 10.2 Å². The molecule has 1 fully saturated rings. The number of benzene rings is 3. The van der Waals surface area contributed by atoms with E-state index in [4.69, 9.17) is 14.9 Å². The lowest BCUT2D eigenvalue weighted by Gasteiger charge is -2.33. The number of amides is 1. The van der Waals surface area contributed by atoms with Crippen molar-refractivity contribution in [2.75, 3.05) is 25.1 Å². The first-order valence-electron chi connectivity index (χ1n) is 14.7. The van der Waals surface area contributed by atoms with Gasteiger partial charge in [0.2, 0.25) is 0 Å². The molecular weight excluding hydrogens is 605 g/mol. The third-order valence-corrected chi connectivity index (χ3v) is 7.97. The van der Waals surface area contributed by atoms with E-state index in [0.717, 1.165) is 37.3 Å². The fraction of sp³-hybridized carbons (Fsp3) is 0.200. The minimum Gasteiger partial charge on any atom is -0.504 e. The summed E-state index contributed by atoms with van der Waals surface area (Å²) in [5.74, 6) is -0.840. The molecule has 4 N–H and O–H groups in total. The number of ether oxygens (including phenoxy) is 2. The number of nitrogens with one attached hydrogen (secondary N) is 2. The number of rotatable bonds is 11. The van der Waals surface area contributed by atoms with Crippen molar-refractivity contribution >= 4 is 24.3 Å². The van der Waals surface area contributed by atoms with Gasteiger partial charge in [-0.2, -0.15) is 5.26 Å². The first-order valence-corrected chi connectivity index (χ1v) is 14.7. The lowest BCUT2D eigenvalue weighted by Crippen LogP contribution is -2.42. The molecule has 11 nitrogen and oxygen atoms in total. The zero-order chi connectivity index (χ0) is 33.3. The van der Waals surface area contributed by atoms with Gasteiger partial charge in [0.25, 0.3) is 6.47 Å². The van der Waals surface area contributed by atoms with Crippen LogP contribution in [-0.2, 0) is 20.9 Å². The topological polar surface area (TPSA) is 157 Å². The second-order valence-corrected chi connectivity index (χ2v) is 10.8. The Morgan fingerprint density at radius 3 is 2.45 bits per heavy atom. The third-order valence-electron chi connectivity index (χ3n) is 7.97. The molecule has 0 atom stereocenters. The number of pyridine rings is 1. The molecule has 2 heterocycles. The Balaban J connectivity index is 1.28. The number of phenols is 1. The smallest absolute Gasteiger partial charge is 0.310 e. The molecule has 5 rings (SSSR count). The summed E-state index contributed by atoms with van der Waals surface area (Å²) in [5, 5.41) is 32.0. The van der Waals surface area contributed by atoms with Gasteiger partial charge in [0.15, 0.2) is 17.3 Å². The average molecular weight is 638 g/mol. The molecule has 4 aromatic rings. The number of aromatic hydroxyl groups is 1. The maximum absolute atomic E-state index is 14.7. The van der Waals surface area contributed by atoms with Gasteiger partial charge in [-0.15, -0.1) is 0 Å². The van der Waals surface area contributed by atoms with Crippen LogP contribution in [0.25, 0.3) is 28.3 Å². The zero-order valence-corrected chi connectivity index (χ0v) is 25.4. The van der Waals surface area contributed by atoms with Crippen molar-refractivity contribution in [2.45, 2.75) is 25.4 Å². The van der Waals surface area contributed by atoms with E-state index >= 15 is 0 Å². The van der Waals surface area contributed by atoms with Crippen LogP contribution >= 0.6 is 0 Å². The number of halogens is 1. The summed E-state index contributed by atoms with van der Waals surface area (Å²) >= 11 is 0. The average Bonchev–Trinajstić information content (AvgIpc) is 3.10. The first-order chi connectivity index (χ1) is 22.8. The Morgan fingerprint density at radius 2 is 1.81 bits per heavy atom. The molecule has 0 spiro atoms. The quantitative estimate of drug-likeness (QED) is 0.0585. The molecule has 0 saturated carbocycles. The van der Waals surface area contributed by atoms with Crippen LogP contribution in [0, 0.1) is 17.1 Å². The second-order valence-electron chi connectivity index (χ2n) is 10.8. The summed E-state index contributed by atoms with van der Waals surface area (Å²) < 4.78 is 24.5. The Morgan fingerprint density at radius 1 is 1.09 bits per heavy atom. The number of carbonyl (C=O) groups is 2. The Kier molecular flexibility index (Phi) is 10.4. The van der Waals surface area contributed by atoms with Crippen LogP contribution < -0.4 is 20.4 Å². The number of nitriles is 1. The maximum atomic E-state index is 14.7. The van der Waals surface area contributed by atoms with Crippen molar-refractivity contribution in [2.24, 2.45) is 0 Å². The number of nitrogens with zero attached hydrogens (tertiary/aromatic N) is 3. The Labute approximate surface area is 270 Å². The van der Waals surface area contributed by atoms with Gasteiger partial charge >= 0.3 is 5.91 Å². The monoisotopic (exact) mass is 637 g/mol. The lowest BCUT2D eigenvalue weighted by molar-refractivity contribution is -0.135. The summed E-state index contributed by atoms with van der Waals surface area (Å²) in [4.78, 5) is 29.2. The summed E-state index contributed by atoms with van der Waals surface area (Å²) in [6.07, 6.45) is 4.78. The van der Waals surface area contributed by atoms with Gasteiger partial charge in [-0.25, -0.2) is 14.9 Å².